The van der Waals surface area contributed by atoms with Gasteiger partial charge in [-0.3, -0.25) is 9.59 Å². The minimum atomic E-state index is -0.715. The molecule has 0 saturated heterocycles. The van der Waals surface area contributed by atoms with Crippen molar-refractivity contribution < 1.29 is 18.0 Å². The van der Waals surface area contributed by atoms with E-state index in [1.54, 1.807) is 24.4 Å². The molecule has 0 aliphatic carbocycles. The third kappa shape index (κ3) is 3.88. The SMILES string of the molecule is CN(Cc1ccc(F)cc1F)C(=O)c1ccc(Cn2ccccc2=O)o1. The number of furan rings is 1. The maximum Gasteiger partial charge on any atom is 0.289 e. The van der Waals surface area contributed by atoms with E-state index in [2.05, 4.69) is 0 Å². The van der Waals surface area contributed by atoms with E-state index >= 15 is 0 Å². The second-order valence-corrected chi connectivity index (χ2v) is 5.83. The first-order valence-electron chi connectivity index (χ1n) is 7.87. The Hall–Kier alpha value is -3.22. The predicted octanol–water partition coefficient (Wildman–Crippen LogP) is 3.04. The van der Waals surface area contributed by atoms with Gasteiger partial charge in [0.05, 0.1) is 6.54 Å². The van der Waals surface area contributed by atoms with E-state index in [1.165, 1.54) is 34.7 Å². The molecule has 5 nitrogen and oxygen atoms in total. The van der Waals surface area contributed by atoms with Gasteiger partial charge < -0.3 is 13.9 Å². The molecule has 0 aliphatic rings. The first-order valence-corrected chi connectivity index (χ1v) is 7.87. The van der Waals surface area contributed by atoms with Gasteiger partial charge in [-0.2, -0.15) is 0 Å². The molecule has 0 unspecified atom stereocenters. The molecule has 134 valence electrons. The smallest absolute Gasteiger partial charge is 0.289 e. The Morgan fingerprint density at radius 3 is 2.69 bits per heavy atom. The number of amides is 1. The van der Waals surface area contributed by atoms with Crippen LogP contribution in [0.2, 0.25) is 0 Å². The minimum Gasteiger partial charge on any atom is -0.454 e. The minimum absolute atomic E-state index is 0.0286. The third-order valence-electron chi connectivity index (χ3n) is 3.87. The van der Waals surface area contributed by atoms with Gasteiger partial charge in [0.25, 0.3) is 11.5 Å². The molecule has 1 amide bonds. The molecular weight excluding hydrogens is 342 g/mol. The summed E-state index contributed by atoms with van der Waals surface area (Å²) in [6.45, 7) is 0.169. The Morgan fingerprint density at radius 2 is 1.96 bits per heavy atom. The maximum absolute atomic E-state index is 13.7. The monoisotopic (exact) mass is 358 g/mol. The standard InChI is InChI=1S/C19H16F2N2O3/c1-22(11-13-5-6-14(20)10-16(13)21)19(25)17-8-7-15(26-17)12-23-9-3-2-4-18(23)24/h2-10H,11-12H2,1H3. The highest BCUT2D eigenvalue weighted by Gasteiger charge is 2.18. The highest BCUT2D eigenvalue weighted by molar-refractivity contribution is 5.91. The van der Waals surface area contributed by atoms with Crippen molar-refractivity contribution in [3.63, 3.8) is 0 Å². The number of rotatable bonds is 5. The van der Waals surface area contributed by atoms with Crippen LogP contribution in [-0.2, 0) is 13.1 Å². The summed E-state index contributed by atoms with van der Waals surface area (Å²) in [7, 11) is 1.50. The van der Waals surface area contributed by atoms with Gasteiger partial charge in [-0.05, 0) is 24.3 Å². The fraction of sp³-hybridized carbons (Fsp3) is 0.158. The van der Waals surface area contributed by atoms with Crippen molar-refractivity contribution in [2.45, 2.75) is 13.1 Å². The summed E-state index contributed by atoms with van der Waals surface area (Å²) in [4.78, 5) is 25.4. The Bertz CT molecular complexity index is 994. The van der Waals surface area contributed by atoms with Gasteiger partial charge in [0.15, 0.2) is 5.76 Å². The van der Waals surface area contributed by atoms with Crippen molar-refractivity contribution in [1.82, 2.24) is 9.47 Å². The second-order valence-electron chi connectivity index (χ2n) is 5.83. The zero-order valence-corrected chi connectivity index (χ0v) is 14.0. The van der Waals surface area contributed by atoms with Crippen molar-refractivity contribution in [1.29, 1.82) is 0 Å². The normalized spacial score (nSPS) is 10.7. The molecule has 0 fully saturated rings. The number of halogens is 2. The van der Waals surface area contributed by atoms with Crippen LogP contribution in [0.25, 0.3) is 0 Å². The molecule has 0 spiro atoms. The molecule has 3 aromatic rings. The number of benzene rings is 1. The van der Waals surface area contributed by atoms with E-state index in [1.807, 2.05) is 0 Å². The van der Waals surface area contributed by atoms with Crippen molar-refractivity contribution >= 4 is 5.91 Å². The molecule has 0 atom stereocenters. The summed E-state index contributed by atoms with van der Waals surface area (Å²) in [5.74, 6) is -1.31. The average Bonchev–Trinajstić information content (AvgIpc) is 3.07. The molecule has 0 saturated carbocycles. The highest BCUT2D eigenvalue weighted by Crippen LogP contribution is 2.15. The lowest BCUT2D eigenvalue weighted by Crippen LogP contribution is -2.26. The van der Waals surface area contributed by atoms with Gasteiger partial charge >= 0.3 is 0 Å². The van der Waals surface area contributed by atoms with E-state index in [0.29, 0.717) is 5.76 Å². The van der Waals surface area contributed by atoms with Crippen molar-refractivity contribution in [2.24, 2.45) is 0 Å². The van der Waals surface area contributed by atoms with Gasteiger partial charge in [-0.15, -0.1) is 0 Å². The number of aromatic nitrogens is 1. The molecule has 0 bridgehead atoms. The number of pyridine rings is 1. The molecular formula is C19H16F2N2O3. The lowest BCUT2D eigenvalue weighted by Gasteiger charge is -2.16. The van der Waals surface area contributed by atoms with E-state index in [-0.39, 0.29) is 30.0 Å². The summed E-state index contributed by atoms with van der Waals surface area (Å²) in [6, 6.07) is 11.1. The maximum atomic E-state index is 13.7. The molecule has 7 heteroatoms. The van der Waals surface area contributed by atoms with Gasteiger partial charge in [0.2, 0.25) is 0 Å². The largest absolute Gasteiger partial charge is 0.454 e. The van der Waals surface area contributed by atoms with Crippen LogP contribution in [0.1, 0.15) is 21.9 Å². The second kappa shape index (κ2) is 7.35. The number of carbonyl (C=O) groups excluding carboxylic acids is 1. The predicted molar refractivity (Wildman–Crippen MR) is 90.7 cm³/mol. The highest BCUT2D eigenvalue weighted by atomic mass is 19.1. The summed E-state index contributed by atoms with van der Waals surface area (Å²) in [5, 5.41) is 0. The van der Waals surface area contributed by atoms with Crippen LogP contribution in [-0.4, -0.2) is 22.4 Å². The summed E-state index contributed by atoms with van der Waals surface area (Å²) in [5.41, 5.74) is 0.0190. The van der Waals surface area contributed by atoms with Crippen LogP contribution in [0.15, 0.2) is 63.9 Å². The van der Waals surface area contributed by atoms with Crippen LogP contribution >= 0.6 is 0 Å². The number of carbonyl (C=O) groups is 1. The molecule has 2 heterocycles. The Kier molecular flexibility index (Phi) is 4.97. The zero-order chi connectivity index (χ0) is 18.7. The van der Waals surface area contributed by atoms with Crippen LogP contribution in [0.5, 0.6) is 0 Å². The van der Waals surface area contributed by atoms with Crippen LogP contribution in [0, 0.1) is 11.6 Å². The van der Waals surface area contributed by atoms with Crippen LogP contribution in [0.3, 0.4) is 0 Å². The van der Waals surface area contributed by atoms with E-state index in [4.69, 9.17) is 4.42 Å². The van der Waals surface area contributed by atoms with E-state index < -0.39 is 17.5 Å². The van der Waals surface area contributed by atoms with Crippen molar-refractivity contribution in [2.75, 3.05) is 7.05 Å². The van der Waals surface area contributed by atoms with Gasteiger partial charge in [0.1, 0.15) is 17.4 Å². The third-order valence-corrected chi connectivity index (χ3v) is 3.87. The number of hydrogen-bond acceptors (Lipinski definition) is 3. The molecule has 1 aromatic carbocycles. The van der Waals surface area contributed by atoms with Crippen molar-refractivity contribution in [3.05, 3.63) is 93.8 Å². The number of nitrogens with zero attached hydrogens (tertiary/aromatic N) is 2. The zero-order valence-electron chi connectivity index (χ0n) is 14.0. The summed E-state index contributed by atoms with van der Waals surface area (Å²) in [6.07, 6.45) is 1.62. The first-order chi connectivity index (χ1) is 12.4. The van der Waals surface area contributed by atoms with Crippen molar-refractivity contribution in [3.8, 4) is 0 Å². The molecule has 0 aliphatic heterocycles. The fourth-order valence-corrected chi connectivity index (χ4v) is 2.50. The molecule has 2 aromatic heterocycles. The Balaban J connectivity index is 1.71. The molecule has 0 radical (unpaired) electrons. The molecule has 26 heavy (non-hydrogen) atoms. The van der Waals surface area contributed by atoms with Gasteiger partial charge in [-0.25, -0.2) is 8.78 Å². The number of hydrogen-bond donors (Lipinski definition) is 0. The first kappa shape index (κ1) is 17.6. The summed E-state index contributed by atoms with van der Waals surface area (Å²) >= 11 is 0. The molecule has 3 rings (SSSR count). The Morgan fingerprint density at radius 1 is 1.15 bits per heavy atom. The lowest BCUT2D eigenvalue weighted by atomic mass is 10.2. The molecule has 0 N–H and O–H groups in total. The van der Waals surface area contributed by atoms with E-state index in [9.17, 15) is 18.4 Å². The van der Waals surface area contributed by atoms with Gasteiger partial charge in [-0.1, -0.05) is 12.1 Å². The lowest BCUT2D eigenvalue weighted by molar-refractivity contribution is 0.0750. The topological polar surface area (TPSA) is 55.5 Å². The van der Waals surface area contributed by atoms with Crippen LogP contribution in [0.4, 0.5) is 8.78 Å². The van der Waals surface area contributed by atoms with E-state index in [0.717, 1.165) is 12.1 Å². The van der Waals surface area contributed by atoms with Gasteiger partial charge in [0, 0.05) is 37.5 Å². The summed E-state index contributed by atoms with van der Waals surface area (Å²) < 4.78 is 33.6. The average molecular weight is 358 g/mol. The Labute approximate surface area is 148 Å². The quantitative estimate of drug-likeness (QED) is 0.704. The van der Waals surface area contributed by atoms with Crippen LogP contribution < -0.4 is 5.56 Å². The fourth-order valence-electron chi connectivity index (χ4n) is 2.50.